The van der Waals surface area contributed by atoms with Crippen molar-refractivity contribution in [1.82, 2.24) is 4.72 Å². The minimum atomic E-state index is -3.24. The summed E-state index contributed by atoms with van der Waals surface area (Å²) < 4.78 is 32.0. The molecule has 0 saturated carbocycles. The largest absolute Gasteiger partial charge is 0.399 e. The fourth-order valence-corrected chi connectivity index (χ4v) is 4.56. The molecule has 1 heterocycles. The van der Waals surface area contributed by atoms with E-state index in [1.54, 1.807) is 0 Å². The first kappa shape index (κ1) is 16.6. The second-order valence-corrected chi connectivity index (χ2v) is 8.17. The van der Waals surface area contributed by atoms with Gasteiger partial charge in [-0.2, -0.15) is 0 Å². The van der Waals surface area contributed by atoms with Gasteiger partial charge in [0.2, 0.25) is 10.0 Å². The molecule has 1 aliphatic heterocycles. The number of hydrogen-bond donors (Lipinski definition) is 2. The van der Waals surface area contributed by atoms with Crippen molar-refractivity contribution in [2.24, 2.45) is 0 Å². The molecular formula is C14H22N2O3S2. The van der Waals surface area contributed by atoms with Gasteiger partial charge in [0, 0.05) is 29.5 Å². The fourth-order valence-electron chi connectivity index (χ4n) is 2.13. The number of nitrogen functional groups attached to an aromatic ring is 1. The fraction of sp³-hybridized carbons (Fsp3) is 0.571. The summed E-state index contributed by atoms with van der Waals surface area (Å²) in [5.74, 6) is 0.601. The van der Waals surface area contributed by atoms with E-state index >= 15 is 0 Å². The number of nitrogens with two attached hydrogens (primary N) is 1. The van der Waals surface area contributed by atoms with Crippen molar-refractivity contribution >= 4 is 27.5 Å². The molecular weight excluding hydrogens is 308 g/mol. The third kappa shape index (κ3) is 6.25. The summed E-state index contributed by atoms with van der Waals surface area (Å²) in [7, 11) is -3.24. The Morgan fingerprint density at radius 1 is 1.38 bits per heavy atom. The minimum absolute atomic E-state index is 0.0232. The summed E-state index contributed by atoms with van der Waals surface area (Å²) in [5, 5.41) is 0. The van der Waals surface area contributed by atoms with Crippen LogP contribution < -0.4 is 10.5 Å². The molecule has 0 amide bonds. The predicted octanol–water partition coefficient (Wildman–Crippen LogP) is 1.85. The van der Waals surface area contributed by atoms with E-state index in [9.17, 15) is 8.42 Å². The molecule has 2 rings (SSSR count). The van der Waals surface area contributed by atoms with Gasteiger partial charge in [-0.1, -0.05) is 6.07 Å². The van der Waals surface area contributed by atoms with Gasteiger partial charge in [0.1, 0.15) is 0 Å². The van der Waals surface area contributed by atoms with Gasteiger partial charge in [0.15, 0.2) is 0 Å². The van der Waals surface area contributed by atoms with Crippen LogP contribution in [0.25, 0.3) is 0 Å². The van der Waals surface area contributed by atoms with Gasteiger partial charge in [0.05, 0.1) is 11.9 Å². The van der Waals surface area contributed by atoms with Gasteiger partial charge >= 0.3 is 0 Å². The van der Waals surface area contributed by atoms with Crippen LogP contribution in [-0.2, 0) is 14.8 Å². The summed E-state index contributed by atoms with van der Waals surface area (Å²) >= 11 is 1.49. The summed E-state index contributed by atoms with van der Waals surface area (Å²) in [6.45, 7) is 1.11. The van der Waals surface area contributed by atoms with E-state index in [1.807, 2.05) is 24.3 Å². The molecule has 0 bridgehead atoms. The Morgan fingerprint density at radius 2 is 2.24 bits per heavy atom. The van der Waals surface area contributed by atoms with E-state index in [-0.39, 0.29) is 11.9 Å². The van der Waals surface area contributed by atoms with Crippen LogP contribution in [0.3, 0.4) is 0 Å². The van der Waals surface area contributed by atoms with Crippen LogP contribution in [0.4, 0.5) is 5.69 Å². The Hall–Kier alpha value is -0.760. The smallest absolute Gasteiger partial charge is 0.212 e. The zero-order chi connectivity index (χ0) is 15.1. The Morgan fingerprint density at radius 3 is 2.95 bits per heavy atom. The molecule has 1 unspecified atom stereocenters. The lowest BCUT2D eigenvalue weighted by Crippen LogP contribution is -2.36. The summed E-state index contributed by atoms with van der Waals surface area (Å²) in [6.07, 6.45) is 3.13. The van der Waals surface area contributed by atoms with Gasteiger partial charge in [0.25, 0.3) is 0 Å². The summed E-state index contributed by atoms with van der Waals surface area (Å²) in [4.78, 5) is 0.987. The zero-order valence-electron chi connectivity index (χ0n) is 12.0. The molecule has 118 valence electrons. The molecule has 0 radical (unpaired) electrons. The molecule has 1 fully saturated rings. The maximum atomic E-state index is 11.9. The second-order valence-electron chi connectivity index (χ2n) is 5.08. The quantitative estimate of drug-likeness (QED) is 0.589. The second kappa shape index (κ2) is 8.03. The number of sulfonamides is 1. The molecule has 21 heavy (non-hydrogen) atoms. The molecule has 1 atom stereocenters. The van der Waals surface area contributed by atoms with Gasteiger partial charge < -0.3 is 10.5 Å². The highest BCUT2D eigenvalue weighted by molar-refractivity contribution is 8.00. The van der Waals surface area contributed by atoms with Crippen LogP contribution in [0.1, 0.15) is 19.3 Å². The van der Waals surface area contributed by atoms with E-state index in [0.29, 0.717) is 18.0 Å². The number of thioether (sulfide) groups is 1. The third-order valence-electron chi connectivity index (χ3n) is 3.28. The van der Waals surface area contributed by atoms with Gasteiger partial charge in [-0.05, 0) is 37.5 Å². The maximum absolute atomic E-state index is 11.9. The molecule has 1 aromatic rings. The molecule has 0 aliphatic carbocycles. The molecule has 0 aromatic heterocycles. The monoisotopic (exact) mass is 330 g/mol. The van der Waals surface area contributed by atoms with E-state index in [4.69, 9.17) is 10.5 Å². The van der Waals surface area contributed by atoms with Crippen LogP contribution in [0.5, 0.6) is 0 Å². The third-order valence-corrected chi connectivity index (χ3v) is 5.89. The lowest BCUT2D eigenvalue weighted by atomic mass is 10.1. The maximum Gasteiger partial charge on any atom is 0.212 e. The molecule has 3 N–H and O–H groups in total. The van der Waals surface area contributed by atoms with E-state index in [1.165, 1.54) is 11.8 Å². The molecule has 1 saturated heterocycles. The lowest BCUT2D eigenvalue weighted by molar-refractivity contribution is 0.0200. The molecule has 1 aliphatic rings. The first-order valence-corrected chi connectivity index (χ1v) is 9.76. The molecule has 5 nitrogen and oxygen atoms in total. The Balaban J connectivity index is 1.70. The molecule has 7 heteroatoms. The standard InChI is InChI=1S/C14H22N2O3S2/c15-12-4-3-6-14(10-12)20-8-9-21(17,18)16-11-13-5-1-2-7-19-13/h3-4,6,10,13,16H,1-2,5,7-9,11,15H2. The van der Waals surface area contributed by atoms with Crippen LogP contribution >= 0.6 is 11.8 Å². The number of nitrogens with one attached hydrogen (secondary N) is 1. The van der Waals surface area contributed by atoms with Crippen molar-refractivity contribution in [1.29, 1.82) is 0 Å². The average Bonchev–Trinajstić information content (AvgIpc) is 2.46. The van der Waals surface area contributed by atoms with Gasteiger partial charge in [-0.15, -0.1) is 11.8 Å². The van der Waals surface area contributed by atoms with Crippen molar-refractivity contribution < 1.29 is 13.2 Å². The van der Waals surface area contributed by atoms with Crippen molar-refractivity contribution in [2.45, 2.75) is 30.3 Å². The Labute approximate surface area is 130 Å². The van der Waals surface area contributed by atoms with Gasteiger partial charge in [-0.3, -0.25) is 0 Å². The molecule has 1 aromatic carbocycles. The van der Waals surface area contributed by atoms with E-state index < -0.39 is 10.0 Å². The predicted molar refractivity (Wildman–Crippen MR) is 87.0 cm³/mol. The van der Waals surface area contributed by atoms with Crippen LogP contribution in [0.15, 0.2) is 29.2 Å². The van der Waals surface area contributed by atoms with E-state index in [0.717, 1.165) is 30.8 Å². The first-order chi connectivity index (χ1) is 10.1. The van der Waals surface area contributed by atoms with Crippen molar-refractivity contribution in [3.8, 4) is 0 Å². The summed E-state index contributed by atoms with van der Waals surface area (Å²) in [5.41, 5.74) is 6.38. The van der Waals surface area contributed by atoms with Gasteiger partial charge in [-0.25, -0.2) is 13.1 Å². The van der Waals surface area contributed by atoms with Crippen molar-refractivity contribution in [2.75, 3.05) is 30.4 Å². The first-order valence-electron chi connectivity index (χ1n) is 7.12. The number of rotatable bonds is 7. The SMILES string of the molecule is Nc1cccc(SCCS(=O)(=O)NCC2CCCCO2)c1. The average molecular weight is 330 g/mol. The van der Waals surface area contributed by atoms with Crippen LogP contribution in [0, 0.1) is 0 Å². The Bertz CT molecular complexity index is 543. The van der Waals surface area contributed by atoms with E-state index in [2.05, 4.69) is 4.72 Å². The van der Waals surface area contributed by atoms with Crippen molar-refractivity contribution in [3.63, 3.8) is 0 Å². The highest BCUT2D eigenvalue weighted by atomic mass is 32.2. The normalized spacial score (nSPS) is 19.5. The Kier molecular flexibility index (Phi) is 6.35. The summed E-state index contributed by atoms with van der Waals surface area (Å²) in [6, 6.07) is 7.45. The van der Waals surface area contributed by atoms with Crippen LogP contribution in [-0.4, -0.2) is 39.2 Å². The highest BCUT2D eigenvalue weighted by Crippen LogP contribution is 2.20. The number of ether oxygens (including phenoxy) is 1. The number of benzene rings is 1. The topological polar surface area (TPSA) is 81.4 Å². The lowest BCUT2D eigenvalue weighted by Gasteiger charge is -2.22. The van der Waals surface area contributed by atoms with Crippen molar-refractivity contribution in [3.05, 3.63) is 24.3 Å². The minimum Gasteiger partial charge on any atom is -0.399 e. The van der Waals surface area contributed by atoms with Crippen LogP contribution in [0.2, 0.25) is 0 Å². The highest BCUT2D eigenvalue weighted by Gasteiger charge is 2.17. The number of hydrogen-bond acceptors (Lipinski definition) is 5. The zero-order valence-corrected chi connectivity index (χ0v) is 13.6. The number of anilines is 1. The molecule has 0 spiro atoms.